The highest BCUT2D eigenvalue weighted by molar-refractivity contribution is 4.98. The van der Waals surface area contributed by atoms with E-state index in [0.29, 0.717) is 11.5 Å². The van der Waals surface area contributed by atoms with Gasteiger partial charge in [-0.25, -0.2) is 0 Å². The molecular weight excluding hydrogens is 122 g/mol. The molecule has 0 amide bonds. The van der Waals surface area contributed by atoms with Crippen molar-refractivity contribution in [3.63, 3.8) is 0 Å². The van der Waals surface area contributed by atoms with E-state index >= 15 is 0 Å². The second-order valence-corrected chi connectivity index (χ2v) is 3.87. The van der Waals surface area contributed by atoms with Crippen molar-refractivity contribution in [3.05, 3.63) is 12.2 Å². The van der Waals surface area contributed by atoms with Crippen LogP contribution in [0.1, 0.15) is 27.2 Å². The molecule has 1 unspecified atom stereocenters. The summed E-state index contributed by atoms with van der Waals surface area (Å²) in [5.41, 5.74) is 0.307. The zero-order valence-electron chi connectivity index (χ0n) is 7.15. The smallest absolute Gasteiger partial charge is 0.0159 e. The average molecular weight is 139 g/mol. The number of hydrogen-bond donors (Lipinski definition) is 1. The number of nitrogens with one attached hydrogen (secondary N) is 1. The first-order valence-corrected chi connectivity index (χ1v) is 4.02. The maximum atomic E-state index is 3.51. The van der Waals surface area contributed by atoms with Crippen LogP contribution in [0.3, 0.4) is 0 Å². The highest BCUT2D eigenvalue weighted by Gasteiger charge is 2.17. The summed E-state index contributed by atoms with van der Waals surface area (Å²) in [6.07, 6.45) is 5.73. The fourth-order valence-electron chi connectivity index (χ4n) is 1.17. The normalized spacial score (nSPS) is 31.7. The third kappa shape index (κ3) is 2.14. The molecule has 1 aliphatic rings. The molecule has 1 heteroatoms. The van der Waals surface area contributed by atoms with Gasteiger partial charge in [0.25, 0.3) is 0 Å². The van der Waals surface area contributed by atoms with Gasteiger partial charge in [0, 0.05) is 12.1 Å². The van der Waals surface area contributed by atoms with Crippen molar-refractivity contribution in [2.75, 3.05) is 6.54 Å². The van der Waals surface area contributed by atoms with Gasteiger partial charge in [0.1, 0.15) is 0 Å². The van der Waals surface area contributed by atoms with Crippen LogP contribution < -0.4 is 5.32 Å². The zero-order chi connectivity index (χ0) is 7.61. The molecule has 58 valence electrons. The molecule has 0 fully saturated rings. The first-order valence-electron chi connectivity index (χ1n) is 4.02. The lowest BCUT2D eigenvalue weighted by molar-refractivity contribution is 0.388. The molecule has 1 rings (SSSR count). The Hall–Kier alpha value is -0.300. The Kier molecular flexibility index (Phi) is 2.14. The molecule has 0 bridgehead atoms. The van der Waals surface area contributed by atoms with Gasteiger partial charge in [0.15, 0.2) is 0 Å². The van der Waals surface area contributed by atoms with Crippen molar-refractivity contribution in [3.8, 4) is 0 Å². The summed E-state index contributed by atoms with van der Waals surface area (Å²) in [7, 11) is 0. The predicted molar refractivity (Wildman–Crippen MR) is 45.0 cm³/mol. The fourth-order valence-corrected chi connectivity index (χ4v) is 1.17. The van der Waals surface area contributed by atoms with Gasteiger partial charge >= 0.3 is 0 Å². The van der Waals surface area contributed by atoms with Gasteiger partial charge < -0.3 is 5.32 Å². The minimum atomic E-state index is 0.307. The number of hydrogen-bond acceptors (Lipinski definition) is 1. The van der Waals surface area contributed by atoms with Gasteiger partial charge in [0.05, 0.1) is 0 Å². The summed E-state index contributed by atoms with van der Waals surface area (Å²) in [5.74, 6) is 0.696. The van der Waals surface area contributed by atoms with Crippen molar-refractivity contribution in [1.82, 2.24) is 5.32 Å². The maximum absolute atomic E-state index is 3.51. The molecule has 1 heterocycles. The zero-order valence-corrected chi connectivity index (χ0v) is 7.15. The standard InChI is InChI=1S/C9H17N/c1-8-5-4-6-9(2,3)10-7-8/h4-5,8,10H,6-7H2,1-3H3. The van der Waals surface area contributed by atoms with E-state index in [-0.39, 0.29) is 0 Å². The molecule has 0 spiro atoms. The van der Waals surface area contributed by atoms with Crippen molar-refractivity contribution in [2.24, 2.45) is 5.92 Å². The Morgan fingerprint density at radius 2 is 2.20 bits per heavy atom. The third-order valence-electron chi connectivity index (χ3n) is 2.00. The van der Waals surface area contributed by atoms with Gasteiger partial charge in [0.2, 0.25) is 0 Å². The molecule has 1 N–H and O–H groups in total. The fraction of sp³-hybridized carbons (Fsp3) is 0.778. The Morgan fingerprint density at radius 1 is 1.50 bits per heavy atom. The van der Waals surface area contributed by atoms with E-state index in [1.807, 2.05) is 0 Å². The summed E-state index contributed by atoms with van der Waals surface area (Å²) in [5, 5.41) is 3.51. The second kappa shape index (κ2) is 2.75. The van der Waals surface area contributed by atoms with Crippen molar-refractivity contribution in [2.45, 2.75) is 32.7 Å². The molecule has 0 saturated carbocycles. The van der Waals surface area contributed by atoms with Crippen LogP contribution in [0, 0.1) is 5.92 Å². The largest absolute Gasteiger partial charge is 0.311 e. The monoisotopic (exact) mass is 139 g/mol. The number of rotatable bonds is 0. The van der Waals surface area contributed by atoms with Gasteiger partial charge in [-0.3, -0.25) is 0 Å². The van der Waals surface area contributed by atoms with E-state index in [1.165, 1.54) is 0 Å². The highest BCUT2D eigenvalue weighted by Crippen LogP contribution is 2.14. The Bertz CT molecular complexity index is 136. The summed E-state index contributed by atoms with van der Waals surface area (Å²) in [6.45, 7) is 7.85. The topological polar surface area (TPSA) is 12.0 Å². The highest BCUT2D eigenvalue weighted by atomic mass is 15.0. The summed E-state index contributed by atoms with van der Waals surface area (Å²) >= 11 is 0. The van der Waals surface area contributed by atoms with Crippen LogP contribution in [0.4, 0.5) is 0 Å². The van der Waals surface area contributed by atoms with Crippen LogP contribution in [-0.2, 0) is 0 Å². The van der Waals surface area contributed by atoms with Crippen LogP contribution in [0.25, 0.3) is 0 Å². The van der Waals surface area contributed by atoms with E-state index in [2.05, 4.69) is 38.2 Å². The van der Waals surface area contributed by atoms with Crippen LogP contribution >= 0.6 is 0 Å². The van der Waals surface area contributed by atoms with Gasteiger partial charge in [-0.1, -0.05) is 19.1 Å². The van der Waals surface area contributed by atoms with E-state index in [0.717, 1.165) is 13.0 Å². The van der Waals surface area contributed by atoms with E-state index in [4.69, 9.17) is 0 Å². The summed E-state index contributed by atoms with van der Waals surface area (Å²) in [4.78, 5) is 0. The Morgan fingerprint density at radius 3 is 2.90 bits per heavy atom. The third-order valence-corrected chi connectivity index (χ3v) is 2.00. The predicted octanol–water partition coefficient (Wildman–Crippen LogP) is 1.95. The Balaban J connectivity index is 2.53. The van der Waals surface area contributed by atoms with Crippen molar-refractivity contribution < 1.29 is 0 Å². The molecule has 0 saturated heterocycles. The molecule has 0 aromatic heterocycles. The average Bonchev–Trinajstić information content (AvgIpc) is 1.94. The van der Waals surface area contributed by atoms with Gasteiger partial charge in [-0.2, -0.15) is 0 Å². The molecule has 0 aliphatic carbocycles. The van der Waals surface area contributed by atoms with Crippen LogP contribution in [0.15, 0.2) is 12.2 Å². The van der Waals surface area contributed by atoms with Gasteiger partial charge in [-0.05, 0) is 26.2 Å². The SMILES string of the molecule is CC1C=CCC(C)(C)NC1. The van der Waals surface area contributed by atoms with E-state index in [9.17, 15) is 0 Å². The lowest BCUT2D eigenvalue weighted by atomic mass is 10.0. The van der Waals surface area contributed by atoms with Crippen LogP contribution in [0.2, 0.25) is 0 Å². The Labute approximate surface area is 63.5 Å². The molecule has 1 aliphatic heterocycles. The first kappa shape index (κ1) is 7.80. The molecule has 0 radical (unpaired) electrons. The quantitative estimate of drug-likeness (QED) is 0.506. The van der Waals surface area contributed by atoms with Gasteiger partial charge in [-0.15, -0.1) is 0 Å². The minimum absolute atomic E-state index is 0.307. The molecule has 1 nitrogen and oxygen atoms in total. The molecular formula is C9H17N. The molecule has 10 heavy (non-hydrogen) atoms. The molecule has 0 aromatic carbocycles. The minimum Gasteiger partial charge on any atom is -0.311 e. The maximum Gasteiger partial charge on any atom is 0.0159 e. The first-order chi connectivity index (χ1) is 4.60. The van der Waals surface area contributed by atoms with Crippen molar-refractivity contribution >= 4 is 0 Å². The lowest BCUT2D eigenvalue weighted by Crippen LogP contribution is -2.39. The van der Waals surface area contributed by atoms with Crippen molar-refractivity contribution in [1.29, 1.82) is 0 Å². The van der Waals surface area contributed by atoms with Crippen LogP contribution in [-0.4, -0.2) is 12.1 Å². The van der Waals surface area contributed by atoms with E-state index in [1.54, 1.807) is 0 Å². The lowest BCUT2D eigenvalue weighted by Gasteiger charge is -2.23. The van der Waals surface area contributed by atoms with Crippen LogP contribution in [0.5, 0.6) is 0 Å². The summed E-state index contributed by atoms with van der Waals surface area (Å²) in [6, 6.07) is 0. The van der Waals surface area contributed by atoms with E-state index < -0.39 is 0 Å². The second-order valence-electron chi connectivity index (χ2n) is 3.87. The molecule has 1 atom stereocenters. The molecule has 0 aromatic rings. The summed E-state index contributed by atoms with van der Waals surface area (Å²) < 4.78 is 0.